The van der Waals surface area contributed by atoms with Gasteiger partial charge in [-0.15, -0.1) is 0 Å². The fraction of sp³-hybridized carbons (Fsp3) is 0.471. The standard InChI is InChI=1S/C17H23NO3/c1-12-8-13(2)18(10-12)11-15-9-16(21-3)6-4-14(15)5-7-17(19)20/h4-7,9,12-13H,8,10-11H2,1-3H3,(H,19,20)/b7-5+. The molecule has 4 nitrogen and oxygen atoms in total. The van der Waals surface area contributed by atoms with E-state index in [-0.39, 0.29) is 0 Å². The van der Waals surface area contributed by atoms with Crippen molar-refractivity contribution in [3.63, 3.8) is 0 Å². The van der Waals surface area contributed by atoms with Crippen LogP contribution in [0.4, 0.5) is 0 Å². The van der Waals surface area contributed by atoms with E-state index in [1.165, 1.54) is 12.5 Å². The van der Waals surface area contributed by atoms with Gasteiger partial charge in [-0.3, -0.25) is 4.90 Å². The van der Waals surface area contributed by atoms with Crippen LogP contribution >= 0.6 is 0 Å². The maximum atomic E-state index is 10.7. The summed E-state index contributed by atoms with van der Waals surface area (Å²) in [4.78, 5) is 13.2. The van der Waals surface area contributed by atoms with Gasteiger partial charge in [0.15, 0.2) is 0 Å². The number of hydrogen-bond acceptors (Lipinski definition) is 3. The van der Waals surface area contributed by atoms with Gasteiger partial charge in [-0.2, -0.15) is 0 Å². The molecule has 1 aliphatic heterocycles. The Balaban J connectivity index is 2.24. The van der Waals surface area contributed by atoms with Crippen LogP contribution in [0, 0.1) is 5.92 Å². The van der Waals surface area contributed by atoms with Gasteiger partial charge < -0.3 is 9.84 Å². The van der Waals surface area contributed by atoms with Crippen molar-refractivity contribution in [2.75, 3.05) is 13.7 Å². The van der Waals surface area contributed by atoms with Crippen LogP contribution in [0.2, 0.25) is 0 Å². The van der Waals surface area contributed by atoms with Crippen LogP contribution < -0.4 is 4.74 Å². The number of carbonyl (C=O) groups is 1. The molecule has 1 fully saturated rings. The third kappa shape index (κ3) is 4.08. The van der Waals surface area contributed by atoms with Gasteiger partial charge in [-0.1, -0.05) is 13.0 Å². The highest BCUT2D eigenvalue weighted by molar-refractivity contribution is 5.85. The summed E-state index contributed by atoms with van der Waals surface area (Å²) >= 11 is 0. The fourth-order valence-corrected chi connectivity index (χ4v) is 3.00. The van der Waals surface area contributed by atoms with E-state index in [0.717, 1.165) is 30.0 Å². The minimum atomic E-state index is -0.931. The number of aliphatic carboxylic acids is 1. The highest BCUT2D eigenvalue weighted by Crippen LogP contribution is 2.27. The average molecular weight is 289 g/mol. The Morgan fingerprint density at radius 1 is 1.48 bits per heavy atom. The zero-order chi connectivity index (χ0) is 15.4. The number of hydrogen-bond donors (Lipinski definition) is 1. The minimum Gasteiger partial charge on any atom is -0.497 e. The Hall–Kier alpha value is -1.81. The Morgan fingerprint density at radius 2 is 2.24 bits per heavy atom. The first-order chi connectivity index (χ1) is 9.99. The molecule has 0 radical (unpaired) electrons. The number of ether oxygens (including phenoxy) is 1. The molecule has 2 unspecified atom stereocenters. The van der Waals surface area contributed by atoms with Crippen LogP contribution in [0.15, 0.2) is 24.3 Å². The summed E-state index contributed by atoms with van der Waals surface area (Å²) in [5, 5.41) is 8.81. The maximum Gasteiger partial charge on any atom is 0.328 e. The molecular weight excluding hydrogens is 266 g/mol. The molecule has 114 valence electrons. The summed E-state index contributed by atoms with van der Waals surface area (Å²) in [6, 6.07) is 6.33. The second-order valence-corrected chi connectivity index (χ2v) is 5.86. The molecule has 0 amide bonds. The third-order valence-electron chi connectivity index (χ3n) is 4.04. The van der Waals surface area contributed by atoms with Gasteiger partial charge >= 0.3 is 5.97 Å². The van der Waals surface area contributed by atoms with E-state index in [2.05, 4.69) is 18.7 Å². The second-order valence-electron chi connectivity index (χ2n) is 5.86. The van der Waals surface area contributed by atoms with Gasteiger partial charge in [0, 0.05) is 25.2 Å². The Kier molecular flexibility index (Phi) is 5.02. The highest BCUT2D eigenvalue weighted by Gasteiger charge is 2.26. The monoisotopic (exact) mass is 289 g/mol. The highest BCUT2D eigenvalue weighted by atomic mass is 16.5. The van der Waals surface area contributed by atoms with Crippen molar-refractivity contribution in [2.45, 2.75) is 32.9 Å². The largest absolute Gasteiger partial charge is 0.497 e. The van der Waals surface area contributed by atoms with Crippen molar-refractivity contribution in [3.8, 4) is 5.75 Å². The molecule has 0 aromatic heterocycles. The van der Waals surface area contributed by atoms with E-state index < -0.39 is 5.97 Å². The summed E-state index contributed by atoms with van der Waals surface area (Å²) in [6.07, 6.45) is 4.05. The van der Waals surface area contributed by atoms with Gasteiger partial charge in [0.2, 0.25) is 0 Å². The molecule has 21 heavy (non-hydrogen) atoms. The molecule has 0 saturated carbocycles. The quantitative estimate of drug-likeness (QED) is 0.847. The van der Waals surface area contributed by atoms with E-state index >= 15 is 0 Å². The zero-order valence-corrected chi connectivity index (χ0v) is 12.9. The second kappa shape index (κ2) is 6.76. The number of carboxylic acids is 1. The van der Waals surface area contributed by atoms with Gasteiger partial charge in [0.05, 0.1) is 7.11 Å². The van der Waals surface area contributed by atoms with Crippen LogP contribution in [0.3, 0.4) is 0 Å². The van der Waals surface area contributed by atoms with Gasteiger partial charge in [0.25, 0.3) is 0 Å². The van der Waals surface area contributed by atoms with E-state index in [1.807, 2.05) is 18.2 Å². The lowest BCUT2D eigenvalue weighted by atomic mass is 10.1. The molecule has 0 spiro atoms. The Bertz CT molecular complexity index is 539. The van der Waals surface area contributed by atoms with Crippen molar-refractivity contribution in [1.82, 2.24) is 4.90 Å². The number of rotatable bonds is 5. The van der Waals surface area contributed by atoms with Gasteiger partial charge in [-0.05, 0) is 48.6 Å². The van der Waals surface area contributed by atoms with Crippen molar-refractivity contribution in [1.29, 1.82) is 0 Å². The predicted molar refractivity (Wildman–Crippen MR) is 83.3 cm³/mol. The van der Waals surface area contributed by atoms with E-state index in [4.69, 9.17) is 9.84 Å². The summed E-state index contributed by atoms with van der Waals surface area (Å²) in [5.74, 6) is 0.584. The SMILES string of the molecule is COc1ccc(/C=C/C(=O)O)c(CN2CC(C)CC2C)c1. The minimum absolute atomic E-state index is 0.558. The maximum absolute atomic E-state index is 10.7. The van der Waals surface area contributed by atoms with E-state index in [9.17, 15) is 4.79 Å². The van der Waals surface area contributed by atoms with E-state index in [1.54, 1.807) is 13.2 Å². The zero-order valence-electron chi connectivity index (χ0n) is 12.9. The van der Waals surface area contributed by atoms with E-state index in [0.29, 0.717) is 12.0 Å². The van der Waals surface area contributed by atoms with Crippen molar-refractivity contribution in [2.24, 2.45) is 5.92 Å². The number of nitrogens with zero attached hydrogens (tertiary/aromatic N) is 1. The summed E-state index contributed by atoms with van der Waals surface area (Å²) in [5.41, 5.74) is 2.04. The first-order valence-electron chi connectivity index (χ1n) is 7.31. The summed E-state index contributed by atoms with van der Waals surface area (Å²) in [6.45, 7) is 6.42. The predicted octanol–water partition coefficient (Wildman–Crippen LogP) is 3.02. The molecule has 1 saturated heterocycles. The Morgan fingerprint density at radius 3 is 2.81 bits per heavy atom. The molecule has 4 heteroatoms. The smallest absolute Gasteiger partial charge is 0.328 e. The first-order valence-corrected chi connectivity index (χ1v) is 7.31. The lowest BCUT2D eigenvalue weighted by Crippen LogP contribution is -2.26. The number of benzene rings is 1. The summed E-state index contributed by atoms with van der Waals surface area (Å²) < 4.78 is 5.29. The average Bonchev–Trinajstić information content (AvgIpc) is 2.75. The molecule has 1 N–H and O–H groups in total. The molecule has 1 heterocycles. The Labute approximate surface area is 126 Å². The van der Waals surface area contributed by atoms with Crippen LogP contribution in [-0.2, 0) is 11.3 Å². The van der Waals surface area contributed by atoms with Gasteiger partial charge in [0.1, 0.15) is 5.75 Å². The summed E-state index contributed by atoms with van der Waals surface area (Å²) in [7, 11) is 1.65. The normalized spacial score (nSPS) is 22.8. The number of likely N-dealkylation sites (tertiary alicyclic amines) is 1. The molecule has 1 aromatic rings. The molecule has 2 atom stereocenters. The molecule has 0 bridgehead atoms. The van der Waals surface area contributed by atoms with Crippen molar-refractivity contribution < 1.29 is 14.6 Å². The van der Waals surface area contributed by atoms with Gasteiger partial charge in [-0.25, -0.2) is 4.79 Å². The van der Waals surface area contributed by atoms with Crippen LogP contribution in [0.1, 0.15) is 31.4 Å². The van der Waals surface area contributed by atoms with Crippen molar-refractivity contribution in [3.05, 3.63) is 35.4 Å². The van der Waals surface area contributed by atoms with Crippen LogP contribution in [0.25, 0.3) is 6.08 Å². The molecule has 1 aromatic carbocycles. The van der Waals surface area contributed by atoms with Crippen LogP contribution in [0.5, 0.6) is 5.75 Å². The lowest BCUT2D eigenvalue weighted by molar-refractivity contribution is -0.131. The number of carboxylic acid groups (broad SMARTS) is 1. The molecule has 1 aliphatic rings. The lowest BCUT2D eigenvalue weighted by Gasteiger charge is -2.22. The number of methoxy groups -OCH3 is 1. The van der Waals surface area contributed by atoms with Crippen molar-refractivity contribution >= 4 is 12.0 Å². The van der Waals surface area contributed by atoms with Crippen LogP contribution in [-0.4, -0.2) is 35.7 Å². The first kappa shape index (κ1) is 15.6. The molecule has 0 aliphatic carbocycles. The molecule has 2 rings (SSSR count). The molecular formula is C17H23NO3. The topological polar surface area (TPSA) is 49.8 Å². The third-order valence-corrected chi connectivity index (χ3v) is 4.04. The fourth-order valence-electron chi connectivity index (χ4n) is 3.00.